The largest absolute Gasteiger partial charge is 0.244 e. The zero-order valence-corrected chi connectivity index (χ0v) is 16.2. The fourth-order valence-corrected chi connectivity index (χ4v) is 5.38. The molecule has 0 saturated carbocycles. The molecule has 0 radical (unpaired) electrons. The van der Waals surface area contributed by atoms with Crippen LogP contribution < -0.4 is 0 Å². The average Bonchev–Trinajstić information content (AvgIpc) is 2.26. The van der Waals surface area contributed by atoms with Crippen molar-refractivity contribution in [2.24, 2.45) is 11.8 Å². The minimum absolute atomic E-state index is 0.290. The van der Waals surface area contributed by atoms with E-state index in [9.17, 15) is 8.42 Å². The van der Waals surface area contributed by atoms with E-state index in [1.165, 1.54) is 0 Å². The van der Waals surface area contributed by atoms with Crippen molar-refractivity contribution in [1.29, 1.82) is 0 Å². The summed E-state index contributed by atoms with van der Waals surface area (Å²) in [6, 6.07) is 5.15. The van der Waals surface area contributed by atoms with Crippen molar-refractivity contribution in [2.75, 3.05) is 13.1 Å². The third-order valence-corrected chi connectivity index (χ3v) is 5.95. The van der Waals surface area contributed by atoms with Crippen LogP contribution in [-0.4, -0.2) is 25.8 Å². The maximum Gasteiger partial charge on any atom is 0.244 e. The second-order valence-electron chi connectivity index (χ2n) is 5.68. The van der Waals surface area contributed by atoms with Crippen LogP contribution in [0, 0.1) is 11.8 Å². The summed E-state index contributed by atoms with van der Waals surface area (Å²) in [6.45, 7) is 9.17. The van der Waals surface area contributed by atoms with Crippen molar-refractivity contribution in [1.82, 2.24) is 4.31 Å². The molecule has 6 heteroatoms. The van der Waals surface area contributed by atoms with Crippen LogP contribution in [0.15, 0.2) is 32.0 Å². The number of benzene rings is 1. The molecule has 0 bridgehead atoms. The highest BCUT2D eigenvalue weighted by Gasteiger charge is 2.27. The Morgan fingerprint density at radius 2 is 1.55 bits per heavy atom. The monoisotopic (exact) mass is 425 g/mol. The first-order valence-corrected chi connectivity index (χ1v) is 9.62. The van der Waals surface area contributed by atoms with Crippen LogP contribution in [0.2, 0.25) is 0 Å². The summed E-state index contributed by atoms with van der Waals surface area (Å²) < 4.78 is 28.6. The summed E-state index contributed by atoms with van der Waals surface area (Å²) in [5.41, 5.74) is 0. The Morgan fingerprint density at radius 3 is 1.95 bits per heavy atom. The second kappa shape index (κ2) is 7.38. The van der Waals surface area contributed by atoms with E-state index in [2.05, 4.69) is 31.9 Å². The number of nitrogens with zero attached hydrogens (tertiary/aromatic N) is 1. The molecule has 0 spiro atoms. The van der Waals surface area contributed by atoms with Gasteiger partial charge in [-0.1, -0.05) is 43.6 Å². The zero-order chi connectivity index (χ0) is 15.5. The molecule has 0 atom stereocenters. The number of sulfonamides is 1. The Hall–Kier alpha value is 0.0900. The van der Waals surface area contributed by atoms with Gasteiger partial charge in [-0.05, 0) is 46.0 Å². The van der Waals surface area contributed by atoms with Gasteiger partial charge in [-0.25, -0.2) is 8.42 Å². The van der Waals surface area contributed by atoms with E-state index in [1.807, 2.05) is 27.7 Å². The standard InChI is InChI=1S/C14H21Br2NO2S/c1-10(2)8-17(9-11(3)4)20(18,19)14-6-5-12(15)7-13(14)16/h5-7,10-11H,8-9H2,1-4H3. The fraction of sp³-hybridized carbons (Fsp3) is 0.571. The summed E-state index contributed by atoms with van der Waals surface area (Å²) in [5.74, 6) is 0.579. The Kier molecular flexibility index (Phi) is 6.70. The molecule has 0 aromatic heterocycles. The van der Waals surface area contributed by atoms with E-state index in [0.29, 0.717) is 22.5 Å². The average molecular weight is 427 g/mol. The molecule has 3 nitrogen and oxygen atoms in total. The smallest absolute Gasteiger partial charge is 0.207 e. The summed E-state index contributed by atoms with van der Waals surface area (Å²) in [5, 5.41) is 0. The van der Waals surface area contributed by atoms with Gasteiger partial charge in [0.05, 0.1) is 4.90 Å². The molecule has 0 amide bonds. The lowest BCUT2D eigenvalue weighted by atomic mass is 10.2. The number of hydrogen-bond acceptors (Lipinski definition) is 2. The lowest BCUT2D eigenvalue weighted by Crippen LogP contribution is -2.37. The Morgan fingerprint density at radius 1 is 1.05 bits per heavy atom. The van der Waals surface area contributed by atoms with Gasteiger partial charge in [-0.2, -0.15) is 4.31 Å². The normalized spacial score (nSPS) is 12.7. The van der Waals surface area contributed by atoms with Crippen molar-refractivity contribution in [3.8, 4) is 0 Å². The first-order chi connectivity index (χ1) is 9.14. The van der Waals surface area contributed by atoms with Gasteiger partial charge in [-0.15, -0.1) is 0 Å². The van der Waals surface area contributed by atoms with Gasteiger partial charge < -0.3 is 0 Å². The molecule has 0 heterocycles. The van der Waals surface area contributed by atoms with Crippen LogP contribution in [0.4, 0.5) is 0 Å². The van der Waals surface area contributed by atoms with Crippen molar-refractivity contribution in [3.63, 3.8) is 0 Å². The summed E-state index contributed by atoms with van der Waals surface area (Å²) in [4.78, 5) is 0.321. The van der Waals surface area contributed by atoms with E-state index in [4.69, 9.17) is 0 Å². The topological polar surface area (TPSA) is 37.4 Å². The van der Waals surface area contributed by atoms with Gasteiger partial charge in [0.1, 0.15) is 0 Å². The Balaban J connectivity index is 3.21. The molecule has 0 unspecified atom stereocenters. The summed E-state index contributed by atoms with van der Waals surface area (Å²) in [6.07, 6.45) is 0. The van der Waals surface area contributed by atoms with Crippen molar-refractivity contribution in [3.05, 3.63) is 27.1 Å². The molecule has 20 heavy (non-hydrogen) atoms. The highest BCUT2D eigenvalue weighted by Crippen LogP contribution is 2.29. The first-order valence-electron chi connectivity index (χ1n) is 6.59. The van der Waals surface area contributed by atoms with Crippen LogP contribution in [-0.2, 0) is 10.0 Å². The third-order valence-electron chi connectivity index (χ3n) is 2.65. The molecular weight excluding hydrogens is 406 g/mol. The summed E-state index contributed by atoms with van der Waals surface area (Å²) in [7, 11) is -3.47. The Labute approximate surface area is 139 Å². The van der Waals surface area contributed by atoms with E-state index in [-0.39, 0.29) is 11.8 Å². The molecule has 114 valence electrons. The molecular formula is C14H21Br2NO2S. The number of halogens is 2. The van der Waals surface area contributed by atoms with Gasteiger partial charge in [-0.3, -0.25) is 0 Å². The lowest BCUT2D eigenvalue weighted by molar-refractivity contribution is 0.333. The highest BCUT2D eigenvalue weighted by molar-refractivity contribution is 9.11. The predicted molar refractivity (Wildman–Crippen MR) is 90.3 cm³/mol. The molecule has 0 fully saturated rings. The van der Waals surface area contributed by atoms with Crippen molar-refractivity contribution >= 4 is 41.9 Å². The Bertz CT molecular complexity index is 546. The fourth-order valence-electron chi connectivity index (χ4n) is 1.91. The number of rotatable bonds is 6. The van der Waals surface area contributed by atoms with Crippen LogP contribution >= 0.6 is 31.9 Å². The van der Waals surface area contributed by atoms with E-state index in [0.717, 1.165) is 4.47 Å². The molecule has 1 aromatic carbocycles. The van der Waals surface area contributed by atoms with Gasteiger partial charge in [0.15, 0.2) is 0 Å². The molecule has 0 aliphatic carbocycles. The van der Waals surface area contributed by atoms with Crippen LogP contribution in [0.5, 0.6) is 0 Å². The second-order valence-corrected chi connectivity index (χ2v) is 9.36. The van der Waals surface area contributed by atoms with Crippen LogP contribution in [0.25, 0.3) is 0 Å². The minimum atomic E-state index is -3.47. The SMILES string of the molecule is CC(C)CN(CC(C)C)S(=O)(=O)c1ccc(Br)cc1Br. The molecule has 0 aliphatic rings. The van der Waals surface area contributed by atoms with Crippen LogP contribution in [0.3, 0.4) is 0 Å². The lowest BCUT2D eigenvalue weighted by Gasteiger charge is -2.26. The zero-order valence-electron chi connectivity index (χ0n) is 12.2. The van der Waals surface area contributed by atoms with E-state index >= 15 is 0 Å². The van der Waals surface area contributed by atoms with Crippen molar-refractivity contribution < 1.29 is 8.42 Å². The molecule has 0 aliphatic heterocycles. The minimum Gasteiger partial charge on any atom is -0.207 e. The van der Waals surface area contributed by atoms with Gasteiger partial charge in [0.2, 0.25) is 10.0 Å². The summed E-state index contributed by atoms with van der Waals surface area (Å²) >= 11 is 6.69. The maximum absolute atomic E-state index is 12.8. The van der Waals surface area contributed by atoms with Gasteiger partial charge in [0.25, 0.3) is 0 Å². The van der Waals surface area contributed by atoms with E-state index < -0.39 is 10.0 Å². The quantitative estimate of drug-likeness (QED) is 0.670. The van der Waals surface area contributed by atoms with Crippen LogP contribution in [0.1, 0.15) is 27.7 Å². The molecule has 1 aromatic rings. The van der Waals surface area contributed by atoms with E-state index in [1.54, 1.807) is 22.5 Å². The third kappa shape index (κ3) is 4.83. The molecule has 0 N–H and O–H groups in total. The van der Waals surface area contributed by atoms with Gasteiger partial charge >= 0.3 is 0 Å². The molecule has 1 rings (SSSR count). The molecule has 0 saturated heterocycles. The highest BCUT2D eigenvalue weighted by atomic mass is 79.9. The van der Waals surface area contributed by atoms with Crippen molar-refractivity contribution in [2.45, 2.75) is 32.6 Å². The number of hydrogen-bond donors (Lipinski definition) is 0. The van der Waals surface area contributed by atoms with Gasteiger partial charge in [0, 0.05) is 22.0 Å². The predicted octanol–water partition coefficient (Wildman–Crippen LogP) is 4.51. The first kappa shape index (κ1) is 18.1. The maximum atomic E-state index is 12.8.